The fourth-order valence-electron chi connectivity index (χ4n) is 3.33. The van der Waals surface area contributed by atoms with E-state index in [1.165, 1.54) is 24.0 Å². The van der Waals surface area contributed by atoms with E-state index < -0.39 is 6.17 Å². The van der Waals surface area contributed by atoms with Gasteiger partial charge in [-0.25, -0.2) is 13.8 Å². The summed E-state index contributed by atoms with van der Waals surface area (Å²) in [6.45, 7) is 4.07. The zero-order valence-corrected chi connectivity index (χ0v) is 14.1. The fraction of sp³-hybridized carbons (Fsp3) is 0.500. The maximum Gasteiger partial charge on any atom is 0.269 e. The van der Waals surface area contributed by atoms with Crippen molar-refractivity contribution in [3.8, 4) is 5.95 Å². The summed E-state index contributed by atoms with van der Waals surface area (Å²) in [7, 11) is 0. The van der Waals surface area contributed by atoms with Crippen molar-refractivity contribution in [1.29, 1.82) is 0 Å². The van der Waals surface area contributed by atoms with E-state index in [1.54, 1.807) is 9.36 Å². The zero-order valence-electron chi connectivity index (χ0n) is 14.1. The monoisotopic (exact) mass is 327 g/mol. The van der Waals surface area contributed by atoms with Gasteiger partial charge in [0.25, 0.3) is 5.95 Å². The van der Waals surface area contributed by atoms with Gasteiger partial charge in [0.1, 0.15) is 0 Å². The summed E-state index contributed by atoms with van der Waals surface area (Å²) in [5, 5.41) is 8.92. The minimum Gasteiger partial charge on any atom is -0.239 e. The van der Waals surface area contributed by atoms with E-state index in [1.807, 2.05) is 31.5 Å². The first kappa shape index (κ1) is 15.3. The van der Waals surface area contributed by atoms with Crippen LogP contribution in [0, 0.1) is 0 Å². The molecule has 0 amide bonds. The number of rotatable bonds is 5. The number of allylic oxidation sites excluding steroid dienone is 4. The average Bonchev–Trinajstić information content (AvgIpc) is 3.04. The van der Waals surface area contributed by atoms with Crippen molar-refractivity contribution in [3.05, 3.63) is 47.6 Å². The normalized spacial score (nSPS) is 24.0. The van der Waals surface area contributed by atoms with E-state index >= 15 is 0 Å². The molecule has 1 fully saturated rings. The second kappa shape index (κ2) is 6.00. The van der Waals surface area contributed by atoms with Crippen LogP contribution in [0.15, 0.2) is 36.2 Å². The highest BCUT2D eigenvalue weighted by Gasteiger charge is 2.36. The third kappa shape index (κ3) is 2.60. The molecule has 0 N–H and O–H groups in total. The highest BCUT2D eigenvalue weighted by Crippen LogP contribution is 2.41. The van der Waals surface area contributed by atoms with Crippen LogP contribution in [0.5, 0.6) is 0 Å². The standard InChI is InChI=1S/C18H22FN5/c1-3-5-6-12(4-2)16-9-15(19)17-21-18(22-24(16)17)23-11-14(10-20-23)13-7-8-13/h3,5-6,10-11,13,15-16H,4,7-9H2,1-2H3/b5-3-,12-6+. The second-order valence-electron chi connectivity index (χ2n) is 6.55. The van der Waals surface area contributed by atoms with Crippen molar-refractivity contribution in [1.82, 2.24) is 24.5 Å². The molecule has 2 atom stereocenters. The Balaban J connectivity index is 1.67. The molecule has 24 heavy (non-hydrogen) atoms. The van der Waals surface area contributed by atoms with E-state index in [4.69, 9.17) is 0 Å². The van der Waals surface area contributed by atoms with E-state index in [0.717, 1.165) is 6.42 Å². The summed E-state index contributed by atoms with van der Waals surface area (Å²) in [5.74, 6) is 1.51. The third-order valence-corrected chi connectivity index (χ3v) is 4.85. The zero-order chi connectivity index (χ0) is 16.7. The first-order valence-electron chi connectivity index (χ1n) is 8.68. The number of fused-ring (bicyclic) bond motifs is 1. The fourth-order valence-corrected chi connectivity index (χ4v) is 3.33. The van der Waals surface area contributed by atoms with Gasteiger partial charge in [0.05, 0.1) is 12.2 Å². The molecule has 2 aliphatic rings. The molecule has 0 bridgehead atoms. The number of alkyl halides is 1. The van der Waals surface area contributed by atoms with Crippen LogP contribution in [0.2, 0.25) is 0 Å². The summed E-state index contributed by atoms with van der Waals surface area (Å²) in [6.07, 6.45) is 12.5. The number of hydrogen-bond acceptors (Lipinski definition) is 3. The maximum atomic E-state index is 14.5. The molecule has 1 aliphatic heterocycles. The molecule has 6 heteroatoms. The molecule has 0 aromatic carbocycles. The van der Waals surface area contributed by atoms with Crippen molar-refractivity contribution in [2.24, 2.45) is 0 Å². The molecule has 126 valence electrons. The van der Waals surface area contributed by atoms with Gasteiger partial charge < -0.3 is 0 Å². The Morgan fingerprint density at radius 1 is 1.42 bits per heavy atom. The predicted octanol–water partition coefficient (Wildman–Crippen LogP) is 4.21. The highest BCUT2D eigenvalue weighted by atomic mass is 19.1. The predicted molar refractivity (Wildman–Crippen MR) is 89.8 cm³/mol. The van der Waals surface area contributed by atoms with Crippen LogP contribution in [-0.4, -0.2) is 24.5 Å². The van der Waals surface area contributed by atoms with Crippen molar-refractivity contribution in [2.75, 3.05) is 0 Å². The summed E-state index contributed by atoms with van der Waals surface area (Å²) in [5.41, 5.74) is 2.39. The molecular weight excluding hydrogens is 305 g/mol. The first-order valence-corrected chi connectivity index (χ1v) is 8.68. The highest BCUT2D eigenvalue weighted by molar-refractivity contribution is 5.25. The van der Waals surface area contributed by atoms with E-state index in [-0.39, 0.29) is 6.04 Å². The first-order chi connectivity index (χ1) is 11.7. The van der Waals surface area contributed by atoms with Gasteiger partial charge in [0, 0.05) is 12.6 Å². The average molecular weight is 327 g/mol. The van der Waals surface area contributed by atoms with Crippen LogP contribution >= 0.6 is 0 Å². The molecule has 3 heterocycles. The summed E-state index contributed by atoms with van der Waals surface area (Å²) < 4.78 is 17.9. The van der Waals surface area contributed by atoms with Gasteiger partial charge in [-0.3, -0.25) is 0 Å². The minimum atomic E-state index is -1.07. The van der Waals surface area contributed by atoms with Crippen LogP contribution in [0.25, 0.3) is 5.95 Å². The molecular formula is C18H22FN5. The summed E-state index contributed by atoms with van der Waals surface area (Å²) in [4.78, 5) is 4.41. The van der Waals surface area contributed by atoms with Crippen molar-refractivity contribution < 1.29 is 4.39 Å². The number of aromatic nitrogens is 5. The molecule has 0 spiro atoms. The van der Waals surface area contributed by atoms with Crippen LogP contribution in [0.1, 0.15) is 69.1 Å². The van der Waals surface area contributed by atoms with Gasteiger partial charge >= 0.3 is 0 Å². The van der Waals surface area contributed by atoms with Gasteiger partial charge in [0.15, 0.2) is 12.0 Å². The van der Waals surface area contributed by atoms with Crippen molar-refractivity contribution in [3.63, 3.8) is 0 Å². The third-order valence-electron chi connectivity index (χ3n) is 4.85. The molecule has 5 nitrogen and oxygen atoms in total. The van der Waals surface area contributed by atoms with Crippen LogP contribution in [0.4, 0.5) is 4.39 Å². The molecule has 2 unspecified atom stereocenters. The minimum absolute atomic E-state index is 0.0593. The molecule has 0 saturated heterocycles. The molecule has 0 radical (unpaired) electrons. The Kier molecular flexibility index (Phi) is 3.82. The Labute approximate surface area is 140 Å². The lowest BCUT2D eigenvalue weighted by molar-refractivity contribution is 0.326. The molecule has 1 saturated carbocycles. The van der Waals surface area contributed by atoms with Gasteiger partial charge in [-0.1, -0.05) is 25.2 Å². The summed E-state index contributed by atoms with van der Waals surface area (Å²) in [6, 6.07) is -0.0593. The maximum absolute atomic E-state index is 14.5. The van der Waals surface area contributed by atoms with E-state index in [9.17, 15) is 4.39 Å². The smallest absolute Gasteiger partial charge is 0.239 e. The number of halogens is 1. The molecule has 1 aliphatic carbocycles. The van der Waals surface area contributed by atoms with Gasteiger partial charge in [-0.05, 0) is 43.2 Å². The van der Waals surface area contributed by atoms with Gasteiger partial charge in [-0.15, -0.1) is 5.10 Å². The molecule has 2 aromatic rings. The Morgan fingerprint density at radius 2 is 2.25 bits per heavy atom. The van der Waals surface area contributed by atoms with E-state index in [2.05, 4.69) is 28.2 Å². The van der Waals surface area contributed by atoms with Crippen LogP contribution in [0.3, 0.4) is 0 Å². The lowest BCUT2D eigenvalue weighted by Crippen LogP contribution is -2.09. The lowest BCUT2D eigenvalue weighted by Gasteiger charge is -2.14. The topological polar surface area (TPSA) is 48.5 Å². The number of hydrogen-bond donors (Lipinski definition) is 0. The van der Waals surface area contributed by atoms with E-state index in [0.29, 0.717) is 24.1 Å². The molecule has 4 rings (SSSR count). The van der Waals surface area contributed by atoms with Crippen LogP contribution < -0.4 is 0 Å². The van der Waals surface area contributed by atoms with Gasteiger partial charge in [0.2, 0.25) is 0 Å². The summed E-state index contributed by atoms with van der Waals surface area (Å²) >= 11 is 0. The van der Waals surface area contributed by atoms with Crippen molar-refractivity contribution in [2.45, 2.75) is 57.7 Å². The van der Waals surface area contributed by atoms with Crippen LogP contribution in [-0.2, 0) is 0 Å². The van der Waals surface area contributed by atoms with Gasteiger partial charge in [-0.2, -0.15) is 10.1 Å². The quantitative estimate of drug-likeness (QED) is 0.773. The Bertz CT molecular complexity index is 796. The lowest BCUT2D eigenvalue weighted by atomic mass is 10.0. The second-order valence-corrected chi connectivity index (χ2v) is 6.55. The Morgan fingerprint density at radius 3 is 2.96 bits per heavy atom. The largest absolute Gasteiger partial charge is 0.269 e. The molecule has 2 aromatic heterocycles. The van der Waals surface area contributed by atoms with Crippen molar-refractivity contribution >= 4 is 0 Å². The number of nitrogens with zero attached hydrogens (tertiary/aromatic N) is 5. The SMILES string of the molecule is C/C=C\C=C(/CC)C1CC(F)c2nc(-n3cc(C4CC4)cn3)nn21. The Hall–Kier alpha value is -2.24.